The second-order valence-corrected chi connectivity index (χ2v) is 7.88. The highest BCUT2D eigenvalue weighted by atomic mass is 15.2. The lowest BCUT2D eigenvalue weighted by Gasteiger charge is -2.38. The summed E-state index contributed by atoms with van der Waals surface area (Å²) < 4.78 is 0. The first-order valence-corrected chi connectivity index (χ1v) is 9.99. The van der Waals surface area contributed by atoms with Crippen molar-refractivity contribution in [2.75, 3.05) is 46.3 Å². The highest BCUT2D eigenvalue weighted by Crippen LogP contribution is 2.18. The lowest BCUT2D eigenvalue weighted by Crippen LogP contribution is -2.50. The van der Waals surface area contributed by atoms with Crippen molar-refractivity contribution in [1.29, 1.82) is 0 Å². The summed E-state index contributed by atoms with van der Waals surface area (Å²) in [6, 6.07) is 1.44. The fourth-order valence-electron chi connectivity index (χ4n) is 4.41. The van der Waals surface area contributed by atoms with Crippen LogP contribution in [0.15, 0.2) is 4.99 Å². The number of aliphatic imine (C=N–C) groups is 1. The maximum atomic E-state index is 4.82. The number of likely N-dealkylation sites (tertiary alicyclic amines) is 1. The summed E-state index contributed by atoms with van der Waals surface area (Å²) in [5.74, 6) is 0. The number of nitrogens with zero attached hydrogens (tertiary/aromatic N) is 3. The van der Waals surface area contributed by atoms with Crippen molar-refractivity contribution in [2.24, 2.45) is 4.99 Å². The number of hydrogen-bond donors (Lipinski definition) is 1. The lowest BCUT2D eigenvalue weighted by molar-refractivity contribution is 0.127. The first-order valence-electron chi connectivity index (χ1n) is 9.99. The molecule has 0 spiro atoms. The minimum Gasteiger partial charge on any atom is -0.313 e. The number of rotatable bonds is 6. The Kier molecular flexibility index (Phi) is 6.91. The van der Waals surface area contributed by atoms with Crippen LogP contribution in [0, 0.1) is 0 Å². The van der Waals surface area contributed by atoms with Gasteiger partial charge in [0.2, 0.25) is 0 Å². The number of nitrogens with one attached hydrogen (secondary N) is 1. The van der Waals surface area contributed by atoms with Gasteiger partial charge in [-0.05, 0) is 65.1 Å². The van der Waals surface area contributed by atoms with Crippen LogP contribution in [0.2, 0.25) is 0 Å². The Hall–Kier alpha value is -0.450. The van der Waals surface area contributed by atoms with Gasteiger partial charge in [-0.25, -0.2) is 0 Å². The molecule has 0 aliphatic carbocycles. The summed E-state index contributed by atoms with van der Waals surface area (Å²) in [5.41, 5.74) is 1.46. The summed E-state index contributed by atoms with van der Waals surface area (Å²) in [4.78, 5) is 10.1. The summed E-state index contributed by atoms with van der Waals surface area (Å²) in [6.07, 6.45) is 12.1. The molecule has 2 unspecified atom stereocenters. The van der Waals surface area contributed by atoms with Gasteiger partial charge in [0.1, 0.15) is 0 Å². The zero-order chi connectivity index (χ0) is 15.9. The van der Waals surface area contributed by atoms with Gasteiger partial charge in [0.05, 0.1) is 0 Å². The maximum Gasteiger partial charge on any atom is 0.0389 e. The Labute approximate surface area is 142 Å². The van der Waals surface area contributed by atoms with Crippen LogP contribution in [0.25, 0.3) is 0 Å². The van der Waals surface area contributed by atoms with Crippen LogP contribution in [0.4, 0.5) is 0 Å². The van der Waals surface area contributed by atoms with E-state index in [1.165, 1.54) is 89.7 Å². The highest BCUT2D eigenvalue weighted by Gasteiger charge is 2.25. The molecule has 0 amide bonds. The Morgan fingerprint density at radius 2 is 2.00 bits per heavy atom. The van der Waals surface area contributed by atoms with E-state index < -0.39 is 0 Å². The van der Waals surface area contributed by atoms with Crippen molar-refractivity contribution in [1.82, 2.24) is 15.1 Å². The van der Waals surface area contributed by atoms with Gasteiger partial charge >= 0.3 is 0 Å². The third kappa shape index (κ3) is 5.54. The van der Waals surface area contributed by atoms with E-state index in [-0.39, 0.29) is 0 Å². The number of piperidine rings is 2. The van der Waals surface area contributed by atoms with Gasteiger partial charge in [-0.15, -0.1) is 0 Å². The van der Waals surface area contributed by atoms with Gasteiger partial charge in [0, 0.05) is 44.0 Å². The molecule has 0 aromatic carbocycles. The topological polar surface area (TPSA) is 30.9 Å². The van der Waals surface area contributed by atoms with E-state index in [9.17, 15) is 0 Å². The first-order chi connectivity index (χ1) is 11.3. The molecule has 1 N–H and O–H groups in total. The molecule has 3 aliphatic rings. The Morgan fingerprint density at radius 3 is 2.74 bits per heavy atom. The molecule has 4 nitrogen and oxygen atoms in total. The Balaban J connectivity index is 1.58. The van der Waals surface area contributed by atoms with Gasteiger partial charge < -0.3 is 10.2 Å². The largest absolute Gasteiger partial charge is 0.313 e. The van der Waals surface area contributed by atoms with E-state index >= 15 is 0 Å². The van der Waals surface area contributed by atoms with E-state index in [1.807, 2.05) is 0 Å². The summed E-state index contributed by atoms with van der Waals surface area (Å²) in [6.45, 7) is 7.11. The molecule has 0 radical (unpaired) electrons. The zero-order valence-corrected chi connectivity index (χ0v) is 15.1. The summed E-state index contributed by atoms with van der Waals surface area (Å²) in [7, 11) is 2.32. The van der Waals surface area contributed by atoms with Gasteiger partial charge in [-0.1, -0.05) is 12.8 Å². The van der Waals surface area contributed by atoms with Crippen LogP contribution in [0.1, 0.15) is 57.8 Å². The summed E-state index contributed by atoms with van der Waals surface area (Å²) >= 11 is 0. The third-order valence-electron chi connectivity index (χ3n) is 5.90. The standard InChI is InChI=1S/C19H36N4/c1-22-13-7-4-10-19(22)16-23(14-17-8-2-5-11-20-17)15-18-9-3-6-12-21-18/h17,19-20H,2-16H2,1H3. The van der Waals surface area contributed by atoms with E-state index in [0.29, 0.717) is 6.04 Å². The Morgan fingerprint density at radius 1 is 1.09 bits per heavy atom. The van der Waals surface area contributed by atoms with E-state index in [2.05, 4.69) is 22.2 Å². The molecule has 2 saturated heterocycles. The maximum absolute atomic E-state index is 4.82. The van der Waals surface area contributed by atoms with Crippen LogP contribution >= 0.6 is 0 Å². The summed E-state index contributed by atoms with van der Waals surface area (Å²) in [5, 5.41) is 3.74. The van der Waals surface area contributed by atoms with E-state index in [1.54, 1.807) is 0 Å². The van der Waals surface area contributed by atoms with Crippen molar-refractivity contribution in [3.05, 3.63) is 0 Å². The van der Waals surface area contributed by atoms with Crippen LogP contribution in [-0.2, 0) is 0 Å². The molecule has 3 heterocycles. The third-order valence-corrected chi connectivity index (χ3v) is 5.90. The minimum atomic E-state index is 0.696. The van der Waals surface area contributed by atoms with E-state index in [4.69, 9.17) is 4.99 Å². The molecule has 0 aromatic rings. The number of hydrogen-bond acceptors (Lipinski definition) is 4. The molecule has 0 saturated carbocycles. The first kappa shape index (κ1) is 17.4. The van der Waals surface area contributed by atoms with Crippen molar-refractivity contribution < 1.29 is 0 Å². The molecule has 23 heavy (non-hydrogen) atoms. The molecule has 0 bridgehead atoms. The zero-order valence-electron chi connectivity index (χ0n) is 15.1. The molecular formula is C19H36N4. The average Bonchev–Trinajstić information content (AvgIpc) is 2.59. The van der Waals surface area contributed by atoms with Gasteiger partial charge in [0.25, 0.3) is 0 Å². The molecule has 4 heteroatoms. The second kappa shape index (κ2) is 9.14. The van der Waals surface area contributed by atoms with Crippen LogP contribution in [0.3, 0.4) is 0 Å². The SMILES string of the molecule is CN1CCCCC1CN(CC1=NCCCC1)CC1CCCCN1. The predicted molar refractivity (Wildman–Crippen MR) is 98.5 cm³/mol. The second-order valence-electron chi connectivity index (χ2n) is 7.88. The molecule has 2 fully saturated rings. The van der Waals surface area contributed by atoms with Gasteiger partial charge in [-0.2, -0.15) is 0 Å². The molecule has 0 aromatic heterocycles. The molecule has 3 rings (SSSR count). The monoisotopic (exact) mass is 320 g/mol. The molecule has 3 aliphatic heterocycles. The van der Waals surface area contributed by atoms with Crippen molar-refractivity contribution in [2.45, 2.75) is 69.9 Å². The number of likely N-dealkylation sites (N-methyl/N-ethyl adjacent to an activating group) is 1. The van der Waals surface area contributed by atoms with Crippen LogP contribution < -0.4 is 5.32 Å². The molecular weight excluding hydrogens is 284 g/mol. The predicted octanol–water partition coefficient (Wildman–Crippen LogP) is 2.54. The fourth-order valence-corrected chi connectivity index (χ4v) is 4.41. The van der Waals surface area contributed by atoms with Crippen molar-refractivity contribution in [3.63, 3.8) is 0 Å². The quantitative estimate of drug-likeness (QED) is 0.816. The van der Waals surface area contributed by atoms with Crippen LogP contribution in [-0.4, -0.2) is 73.9 Å². The fraction of sp³-hybridized carbons (Fsp3) is 0.947. The van der Waals surface area contributed by atoms with Gasteiger partial charge in [0.15, 0.2) is 0 Å². The van der Waals surface area contributed by atoms with Gasteiger partial charge in [-0.3, -0.25) is 9.89 Å². The van der Waals surface area contributed by atoms with Crippen molar-refractivity contribution in [3.8, 4) is 0 Å². The molecule has 2 atom stereocenters. The average molecular weight is 321 g/mol. The van der Waals surface area contributed by atoms with Crippen LogP contribution in [0.5, 0.6) is 0 Å². The normalized spacial score (nSPS) is 30.4. The lowest BCUT2D eigenvalue weighted by atomic mass is 10.00. The van der Waals surface area contributed by atoms with E-state index in [0.717, 1.165) is 19.1 Å². The smallest absolute Gasteiger partial charge is 0.0389 e. The van der Waals surface area contributed by atoms with Crippen molar-refractivity contribution >= 4 is 5.71 Å². The Bertz CT molecular complexity index is 376. The highest BCUT2D eigenvalue weighted by molar-refractivity contribution is 5.86. The molecule has 132 valence electrons. The minimum absolute atomic E-state index is 0.696.